The van der Waals surface area contributed by atoms with Crippen molar-refractivity contribution >= 4 is 27.6 Å². The standard InChI is InChI=1S/C32H24N.Al/c1-22-18-20-30-28-15-7-5-13-26(28)24-11-3-2-10-23(24)25-12-4-6-14-27(25)29-16-8-9-17-31(29)33-32(30)21-19-22;/h2-21,33H,1H3;. The average molecular weight is 450 g/mol. The number of fused-ring (bicyclic) bond motifs is 8. The van der Waals surface area contributed by atoms with Crippen molar-refractivity contribution < 1.29 is 0 Å². The Kier molecular flexibility index (Phi) is 5.15. The zero-order valence-electron chi connectivity index (χ0n) is 19.1. The third kappa shape index (κ3) is 3.66. The lowest BCUT2D eigenvalue weighted by Gasteiger charge is -2.17. The maximum absolute atomic E-state index is 3.82. The van der Waals surface area contributed by atoms with Gasteiger partial charge in [-0.3, -0.25) is 0 Å². The van der Waals surface area contributed by atoms with Crippen LogP contribution in [0.4, 0.5) is 5.69 Å². The monoisotopic (exact) mass is 449 g/mol. The van der Waals surface area contributed by atoms with Crippen LogP contribution in [0.3, 0.4) is 0 Å². The Morgan fingerprint density at radius 2 is 0.941 bits per heavy atom. The molecule has 0 fully saturated rings. The first kappa shape index (κ1) is 21.0. The molecule has 6 rings (SSSR count). The molecule has 1 atom stereocenters. The minimum Gasteiger partial charge on any atom is -0.355 e. The van der Waals surface area contributed by atoms with Crippen LogP contribution in [-0.2, 0) is 0 Å². The summed E-state index contributed by atoms with van der Waals surface area (Å²) in [4.78, 5) is 0. The molecule has 2 radical (unpaired) electrons. The first-order valence-electron chi connectivity index (χ1n) is 11.7. The van der Waals surface area contributed by atoms with Gasteiger partial charge in [0.15, 0.2) is 0 Å². The van der Waals surface area contributed by atoms with Gasteiger partial charge in [0.25, 0.3) is 0 Å². The minimum atomic E-state index is -0.106. The van der Waals surface area contributed by atoms with Gasteiger partial charge in [-0.15, -0.1) is 0 Å². The summed E-state index contributed by atoms with van der Waals surface area (Å²) in [5.41, 5.74) is 12.0. The zero-order chi connectivity index (χ0) is 23.1. The molecular formula is C32H24AlN. The van der Waals surface area contributed by atoms with Crippen LogP contribution < -0.4 is 5.32 Å². The summed E-state index contributed by atoms with van der Waals surface area (Å²) in [5, 5.41) is 3.82. The Morgan fingerprint density at radius 3 is 1.53 bits per heavy atom. The molecule has 2 aliphatic rings. The number of nitrogens with one attached hydrogen (secondary N) is 1. The number of rotatable bonds is 0. The molecule has 0 saturated carbocycles. The quantitative estimate of drug-likeness (QED) is 0.266. The minimum absolute atomic E-state index is 0.106. The summed E-state index contributed by atoms with van der Waals surface area (Å²) < 4.78 is -0.106. The van der Waals surface area contributed by atoms with E-state index >= 15 is 0 Å². The van der Waals surface area contributed by atoms with Crippen molar-refractivity contribution in [2.45, 2.75) is 11.2 Å². The maximum atomic E-state index is 3.82. The SMILES string of the molecule is C[C]1([Al])C=CC2=C(C=C1)c1ccccc1-c1ccccc1-c1ccccc1-c1ccccc1N2. The average Bonchev–Trinajstić information content (AvgIpc) is 3.02. The fourth-order valence-corrected chi connectivity index (χ4v) is 5.13. The topological polar surface area (TPSA) is 12.0 Å². The molecule has 4 aromatic rings. The van der Waals surface area contributed by atoms with Crippen molar-refractivity contribution in [3.63, 3.8) is 0 Å². The lowest BCUT2D eigenvalue weighted by molar-refractivity contribution is 0.970. The van der Waals surface area contributed by atoms with E-state index in [1.807, 2.05) is 0 Å². The number of benzene rings is 4. The van der Waals surface area contributed by atoms with E-state index in [-0.39, 0.29) is 4.28 Å². The van der Waals surface area contributed by atoms with Crippen molar-refractivity contribution in [1.82, 2.24) is 0 Å². The van der Waals surface area contributed by atoms with Crippen LogP contribution in [0.1, 0.15) is 12.5 Å². The molecule has 160 valence electrons. The van der Waals surface area contributed by atoms with Crippen LogP contribution in [0.2, 0.25) is 4.28 Å². The highest BCUT2D eigenvalue weighted by molar-refractivity contribution is 6.18. The summed E-state index contributed by atoms with van der Waals surface area (Å²) in [7, 11) is 0. The second-order valence-corrected chi connectivity index (χ2v) is 10.4. The second kappa shape index (κ2) is 8.33. The molecule has 1 aliphatic carbocycles. The van der Waals surface area contributed by atoms with Gasteiger partial charge < -0.3 is 5.32 Å². The van der Waals surface area contributed by atoms with Crippen molar-refractivity contribution in [1.29, 1.82) is 0 Å². The summed E-state index contributed by atoms with van der Waals surface area (Å²) in [6, 6.07) is 34.9. The van der Waals surface area contributed by atoms with E-state index in [0.29, 0.717) is 0 Å². The molecule has 0 aromatic heterocycles. The lowest BCUT2D eigenvalue weighted by atomic mass is 9.86. The third-order valence-corrected chi connectivity index (χ3v) is 7.03. The van der Waals surface area contributed by atoms with Crippen molar-refractivity contribution in [2.24, 2.45) is 0 Å². The normalized spacial score (nSPS) is 18.3. The summed E-state index contributed by atoms with van der Waals surface area (Å²) in [6.07, 6.45) is 9.01. The predicted octanol–water partition coefficient (Wildman–Crippen LogP) is 8.30. The van der Waals surface area contributed by atoms with E-state index in [0.717, 1.165) is 11.4 Å². The Labute approximate surface area is 209 Å². The number of hydrogen-bond acceptors (Lipinski definition) is 1. The van der Waals surface area contributed by atoms with E-state index < -0.39 is 0 Å². The summed E-state index contributed by atoms with van der Waals surface area (Å²) in [6.45, 7) is 2.21. The van der Waals surface area contributed by atoms with Gasteiger partial charge in [0.2, 0.25) is 0 Å². The van der Waals surface area contributed by atoms with Gasteiger partial charge in [0, 0.05) is 22.5 Å². The molecule has 0 bridgehead atoms. The molecule has 0 amide bonds. The van der Waals surface area contributed by atoms with Gasteiger partial charge in [-0.25, -0.2) is 0 Å². The summed E-state index contributed by atoms with van der Waals surface area (Å²) >= 11 is 2.96. The van der Waals surface area contributed by atoms with Crippen molar-refractivity contribution in [3.05, 3.63) is 133 Å². The molecule has 1 nitrogen and oxygen atoms in total. The lowest BCUT2D eigenvalue weighted by Crippen LogP contribution is -2.02. The van der Waals surface area contributed by atoms with Crippen LogP contribution in [0.15, 0.2) is 127 Å². The Hall–Kier alpha value is -3.57. The van der Waals surface area contributed by atoms with E-state index in [4.69, 9.17) is 0 Å². The summed E-state index contributed by atoms with van der Waals surface area (Å²) in [5.74, 6) is 0. The van der Waals surface area contributed by atoms with Gasteiger partial charge in [-0.1, -0.05) is 120 Å². The maximum Gasteiger partial charge on any atom is 0.142 e. The highest BCUT2D eigenvalue weighted by Gasteiger charge is 2.21. The number of hydrogen-bond donors (Lipinski definition) is 1. The second-order valence-electron chi connectivity index (χ2n) is 9.17. The van der Waals surface area contributed by atoms with Gasteiger partial charge in [0.1, 0.15) is 16.3 Å². The van der Waals surface area contributed by atoms with Crippen molar-refractivity contribution in [3.8, 4) is 33.4 Å². The van der Waals surface area contributed by atoms with E-state index in [2.05, 4.69) is 150 Å². The highest BCUT2D eigenvalue weighted by atomic mass is 27.0. The van der Waals surface area contributed by atoms with Gasteiger partial charge in [-0.05, 0) is 45.5 Å². The number of allylic oxidation sites excluding steroid dienone is 5. The number of anilines is 1. The van der Waals surface area contributed by atoms with Crippen LogP contribution in [0.5, 0.6) is 0 Å². The fourth-order valence-electron chi connectivity index (χ4n) is 4.94. The first-order valence-corrected chi connectivity index (χ1v) is 12.2. The molecule has 2 heteroatoms. The molecular weight excluding hydrogens is 425 g/mol. The van der Waals surface area contributed by atoms with Crippen molar-refractivity contribution in [2.75, 3.05) is 5.32 Å². The van der Waals surface area contributed by atoms with E-state index in [1.54, 1.807) is 0 Å². The van der Waals surface area contributed by atoms with Crippen LogP contribution in [0, 0.1) is 0 Å². The first-order chi connectivity index (χ1) is 16.6. The predicted molar refractivity (Wildman–Crippen MR) is 146 cm³/mol. The molecule has 34 heavy (non-hydrogen) atoms. The molecule has 0 saturated heterocycles. The van der Waals surface area contributed by atoms with Gasteiger partial charge in [-0.2, -0.15) is 0 Å². The molecule has 0 spiro atoms. The zero-order valence-corrected chi connectivity index (χ0v) is 20.3. The van der Waals surface area contributed by atoms with E-state index in [9.17, 15) is 0 Å². The Bertz CT molecular complexity index is 1500. The van der Waals surface area contributed by atoms with Crippen LogP contribution in [0.25, 0.3) is 39.0 Å². The molecule has 1 aliphatic heterocycles. The Morgan fingerprint density at radius 1 is 0.529 bits per heavy atom. The van der Waals surface area contributed by atoms with Crippen LogP contribution >= 0.6 is 0 Å². The Balaban J connectivity index is 1.76. The largest absolute Gasteiger partial charge is 0.355 e. The molecule has 4 aromatic carbocycles. The van der Waals surface area contributed by atoms with Crippen LogP contribution in [-0.4, -0.2) is 16.3 Å². The fraction of sp³-hybridized carbons (Fsp3) is 0.0625. The smallest absolute Gasteiger partial charge is 0.142 e. The third-order valence-electron chi connectivity index (χ3n) is 6.65. The van der Waals surface area contributed by atoms with Gasteiger partial charge in [0.05, 0.1) is 0 Å². The highest BCUT2D eigenvalue weighted by Crippen LogP contribution is 2.44. The molecule has 1 unspecified atom stereocenters. The van der Waals surface area contributed by atoms with Gasteiger partial charge >= 0.3 is 0 Å². The van der Waals surface area contributed by atoms with E-state index in [1.165, 1.54) is 44.5 Å². The molecule has 1 heterocycles. The number of para-hydroxylation sites is 1. The molecule has 1 N–H and O–H groups in total.